The summed E-state index contributed by atoms with van der Waals surface area (Å²) in [6.07, 6.45) is 14.2. The molecule has 0 atom stereocenters. The predicted molar refractivity (Wildman–Crippen MR) is 145 cm³/mol. The molecule has 0 spiro atoms. The first-order valence-electron chi connectivity index (χ1n) is 14.0. The van der Waals surface area contributed by atoms with Crippen molar-refractivity contribution < 1.29 is 9.90 Å². The second kappa shape index (κ2) is 11.4. The van der Waals surface area contributed by atoms with Gasteiger partial charge in [-0.05, 0) is 92.5 Å². The first-order valence-corrected chi connectivity index (χ1v) is 14.0. The summed E-state index contributed by atoms with van der Waals surface area (Å²) in [4.78, 5) is 26.5. The van der Waals surface area contributed by atoms with Crippen LogP contribution in [0, 0.1) is 17.8 Å². The minimum absolute atomic E-state index is 0.354. The van der Waals surface area contributed by atoms with Gasteiger partial charge in [0.25, 0.3) is 0 Å². The molecule has 2 N–H and O–H groups in total. The van der Waals surface area contributed by atoms with Gasteiger partial charge in [-0.2, -0.15) is 0 Å². The highest BCUT2D eigenvalue weighted by Crippen LogP contribution is 2.37. The number of piperidine rings is 1. The zero-order chi connectivity index (χ0) is 24.9. The van der Waals surface area contributed by atoms with Gasteiger partial charge >= 0.3 is 5.97 Å². The van der Waals surface area contributed by atoms with E-state index in [-0.39, 0.29) is 0 Å². The molecule has 1 aliphatic heterocycles. The molecule has 0 amide bonds. The number of nitrogens with zero attached hydrogens (tertiary/aromatic N) is 3. The molecule has 1 saturated carbocycles. The molecular formula is C30H40N4O2. The van der Waals surface area contributed by atoms with E-state index in [1.54, 1.807) is 0 Å². The summed E-state index contributed by atoms with van der Waals surface area (Å²) in [7, 11) is 0. The molecule has 36 heavy (non-hydrogen) atoms. The molecule has 1 aliphatic carbocycles. The van der Waals surface area contributed by atoms with E-state index < -0.39 is 5.97 Å². The number of aryl methyl sites for hydroxylation is 1. The summed E-state index contributed by atoms with van der Waals surface area (Å²) in [5.74, 6) is 3.28. The van der Waals surface area contributed by atoms with E-state index in [1.807, 2.05) is 6.20 Å². The number of benzene rings is 1. The fraction of sp³-hybridized carbons (Fsp3) is 0.567. The fourth-order valence-electron chi connectivity index (χ4n) is 6.23. The van der Waals surface area contributed by atoms with Gasteiger partial charge in [-0.3, -0.25) is 4.79 Å². The average molecular weight is 489 g/mol. The maximum absolute atomic E-state index is 11.0. The van der Waals surface area contributed by atoms with Gasteiger partial charge < -0.3 is 15.0 Å². The second-order valence-corrected chi connectivity index (χ2v) is 11.1. The number of rotatable bonds is 9. The van der Waals surface area contributed by atoms with Crippen molar-refractivity contribution in [2.45, 2.75) is 77.6 Å². The van der Waals surface area contributed by atoms with Gasteiger partial charge in [0.2, 0.25) is 0 Å². The minimum atomic E-state index is -0.638. The number of imidazole rings is 1. The molecule has 192 valence electrons. The lowest BCUT2D eigenvalue weighted by Gasteiger charge is -2.36. The number of anilines is 1. The van der Waals surface area contributed by atoms with Crippen LogP contribution in [0.25, 0.3) is 22.4 Å². The standard InChI is InChI=1S/C30H40N4O2/c1-2-3-4-21-9-11-26-27(18-21)33-30(32-26)25-10-12-28(31-20-25)34-15-13-24(14-16-34)17-22-5-7-23(8-6-22)19-29(35)36/h9-12,18,20,22-24H,2-8,13-17,19H2,1H3,(H,32,33)(H,35,36). The first kappa shape index (κ1) is 24.8. The van der Waals surface area contributed by atoms with E-state index in [2.05, 4.69) is 47.1 Å². The highest BCUT2D eigenvalue weighted by atomic mass is 16.4. The van der Waals surface area contributed by atoms with Crippen molar-refractivity contribution in [3.05, 3.63) is 42.1 Å². The van der Waals surface area contributed by atoms with Crippen molar-refractivity contribution in [3.8, 4) is 11.4 Å². The number of aromatic nitrogens is 3. The third kappa shape index (κ3) is 6.08. The van der Waals surface area contributed by atoms with Crippen LogP contribution in [0.3, 0.4) is 0 Å². The van der Waals surface area contributed by atoms with Gasteiger partial charge in [-0.25, -0.2) is 9.97 Å². The number of aliphatic carboxylic acids is 1. The predicted octanol–water partition coefficient (Wildman–Crippen LogP) is 6.86. The Morgan fingerprint density at radius 3 is 2.47 bits per heavy atom. The molecule has 0 radical (unpaired) electrons. The smallest absolute Gasteiger partial charge is 0.303 e. The van der Waals surface area contributed by atoms with Crippen molar-refractivity contribution in [1.82, 2.24) is 15.0 Å². The number of nitrogens with one attached hydrogen (secondary N) is 1. The molecule has 3 aromatic rings. The van der Waals surface area contributed by atoms with Gasteiger partial charge in [0.1, 0.15) is 11.6 Å². The lowest BCUT2D eigenvalue weighted by molar-refractivity contribution is -0.138. The third-order valence-corrected chi connectivity index (χ3v) is 8.42. The molecule has 1 saturated heterocycles. The van der Waals surface area contributed by atoms with Crippen LogP contribution < -0.4 is 4.90 Å². The summed E-state index contributed by atoms with van der Waals surface area (Å²) in [6.45, 7) is 4.36. The van der Waals surface area contributed by atoms with Crippen molar-refractivity contribution in [2.24, 2.45) is 17.8 Å². The van der Waals surface area contributed by atoms with Crippen LogP contribution in [-0.4, -0.2) is 39.1 Å². The molecule has 6 heteroatoms. The molecule has 5 rings (SSSR count). The van der Waals surface area contributed by atoms with E-state index in [9.17, 15) is 4.79 Å². The van der Waals surface area contributed by atoms with E-state index in [4.69, 9.17) is 15.1 Å². The number of H-pyrrole nitrogens is 1. The largest absolute Gasteiger partial charge is 0.481 e. The number of hydrogen-bond donors (Lipinski definition) is 2. The van der Waals surface area contributed by atoms with Gasteiger partial charge in [0.15, 0.2) is 0 Å². The lowest BCUT2D eigenvalue weighted by atomic mass is 9.75. The molecule has 6 nitrogen and oxygen atoms in total. The Hall–Kier alpha value is -2.89. The molecule has 0 unspecified atom stereocenters. The summed E-state index contributed by atoms with van der Waals surface area (Å²) >= 11 is 0. The molecule has 3 heterocycles. The third-order valence-electron chi connectivity index (χ3n) is 8.42. The van der Waals surface area contributed by atoms with E-state index in [0.717, 1.165) is 72.4 Å². The van der Waals surface area contributed by atoms with Crippen LogP contribution in [0.2, 0.25) is 0 Å². The van der Waals surface area contributed by atoms with Crippen molar-refractivity contribution >= 4 is 22.8 Å². The van der Waals surface area contributed by atoms with Crippen LogP contribution >= 0.6 is 0 Å². The van der Waals surface area contributed by atoms with Gasteiger partial charge in [-0.15, -0.1) is 0 Å². The topological polar surface area (TPSA) is 82.1 Å². The number of aromatic amines is 1. The molecule has 1 aromatic carbocycles. The number of carboxylic acid groups (broad SMARTS) is 1. The van der Waals surface area contributed by atoms with Crippen LogP contribution in [0.4, 0.5) is 5.82 Å². The number of unbranched alkanes of at least 4 members (excludes halogenated alkanes) is 1. The van der Waals surface area contributed by atoms with Crippen LogP contribution in [0.1, 0.15) is 76.7 Å². The fourth-order valence-corrected chi connectivity index (χ4v) is 6.23. The SMILES string of the molecule is CCCCc1ccc2nc(-c3ccc(N4CCC(CC5CCC(CC(=O)O)CC5)CC4)nc3)[nH]c2c1. The Balaban J connectivity index is 1.12. The minimum Gasteiger partial charge on any atom is -0.481 e. The number of pyridine rings is 1. The van der Waals surface area contributed by atoms with E-state index in [0.29, 0.717) is 12.3 Å². The van der Waals surface area contributed by atoms with Crippen molar-refractivity contribution in [1.29, 1.82) is 0 Å². The average Bonchev–Trinajstić information content (AvgIpc) is 3.32. The zero-order valence-corrected chi connectivity index (χ0v) is 21.6. The molecule has 2 aliphatic rings. The molecule has 2 fully saturated rings. The Bertz CT molecular complexity index is 1140. The van der Waals surface area contributed by atoms with Crippen molar-refractivity contribution in [3.63, 3.8) is 0 Å². The summed E-state index contributed by atoms with van der Waals surface area (Å²) in [5, 5.41) is 9.03. The van der Waals surface area contributed by atoms with E-state index in [1.165, 1.54) is 50.5 Å². The highest BCUT2D eigenvalue weighted by molar-refractivity contribution is 5.80. The number of carbonyl (C=O) groups is 1. The maximum atomic E-state index is 11.0. The Labute approximate surface area is 214 Å². The monoisotopic (exact) mass is 488 g/mol. The van der Waals surface area contributed by atoms with Crippen LogP contribution in [0.5, 0.6) is 0 Å². The van der Waals surface area contributed by atoms with E-state index >= 15 is 0 Å². The van der Waals surface area contributed by atoms with Gasteiger partial charge in [0, 0.05) is 31.3 Å². The first-order chi connectivity index (χ1) is 17.6. The number of carboxylic acids is 1. The van der Waals surface area contributed by atoms with Crippen LogP contribution in [-0.2, 0) is 11.2 Å². The Kier molecular flexibility index (Phi) is 7.88. The molecular weight excluding hydrogens is 448 g/mol. The lowest BCUT2D eigenvalue weighted by Crippen LogP contribution is -2.35. The van der Waals surface area contributed by atoms with Gasteiger partial charge in [0.05, 0.1) is 11.0 Å². The Morgan fingerprint density at radius 2 is 1.78 bits per heavy atom. The highest BCUT2D eigenvalue weighted by Gasteiger charge is 2.27. The van der Waals surface area contributed by atoms with Gasteiger partial charge in [-0.1, -0.05) is 32.3 Å². The van der Waals surface area contributed by atoms with Crippen molar-refractivity contribution in [2.75, 3.05) is 18.0 Å². The molecule has 2 aromatic heterocycles. The number of hydrogen-bond acceptors (Lipinski definition) is 4. The van der Waals surface area contributed by atoms with Crippen LogP contribution in [0.15, 0.2) is 36.5 Å². The normalized spacial score (nSPS) is 21.2. The summed E-state index contributed by atoms with van der Waals surface area (Å²) in [6, 6.07) is 10.8. The number of fused-ring (bicyclic) bond motifs is 1. The maximum Gasteiger partial charge on any atom is 0.303 e. The Morgan fingerprint density at radius 1 is 1.03 bits per heavy atom. The molecule has 0 bridgehead atoms. The summed E-state index contributed by atoms with van der Waals surface area (Å²) < 4.78 is 0. The zero-order valence-electron chi connectivity index (χ0n) is 21.6. The summed E-state index contributed by atoms with van der Waals surface area (Å²) in [5.41, 5.74) is 4.49. The quantitative estimate of drug-likeness (QED) is 0.344. The second-order valence-electron chi connectivity index (χ2n) is 11.1.